The average molecular weight is 230 g/mol. The number of hydrogen-bond acceptors (Lipinski definition) is 2. The van der Waals surface area contributed by atoms with E-state index in [1.165, 1.54) is 6.07 Å². The molecular formula is C10H9ClFNS. The molecule has 0 fully saturated rings. The molecule has 0 saturated heterocycles. The highest BCUT2D eigenvalue weighted by molar-refractivity contribution is 7.13. The van der Waals surface area contributed by atoms with Crippen LogP contribution in [0, 0.1) is 5.82 Å². The third-order valence-electron chi connectivity index (χ3n) is 1.80. The molecule has 0 bridgehead atoms. The highest BCUT2D eigenvalue weighted by atomic mass is 35.5. The van der Waals surface area contributed by atoms with Gasteiger partial charge in [-0.3, -0.25) is 0 Å². The van der Waals surface area contributed by atoms with Crippen LogP contribution in [0.1, 0.15) is 0 Å². The number of nitrogens with two attached hydrogens (primary N) is 1. The minimum absolute atomic E-state index is 0. The van der Waals surface area contributed by atoms with Gasteiger partial charge < -0.3 is 5.73 Å². The highest BCUT2D eigenvalue weighted by Crippen LogP contribution is 2.26. The molecule has 1 nitrogen and oxygen atoms in total. The maximum Gasteiger partial charge on any atom is 0.146 e. The first-order valence-electron chi connectivity index (χ1n) is 3.86. The minimum Gasteiger partial charge on any atom is -0.396 e. The summed E-state index contributed by atoms with van der Waals surface area (Å²) in [5.41, 5.74) is 6.62. The van der Waals surface area contributed by atoms with Gasteiger partial charge in [0, 0.05) is 4.88 Å². The van der Waals surface area contributed by atoms with E-state index in [-0.39, 0.29) is 23.9 Å². The predicted octanol–water partition coefficient (Wildman–Crippen LogP) is 3.56. The Kier molecular flexibility index (Phi) is 3.49. The molecular weight excluding hydrogens is 221 g/mol. The predicted molar refractivity (Wildman–Crippen MR) is 61.4 cm³/mol. The minimum atomic E-state index is -0.361. The Bertz CT molecular complexity index is 414. The molecule has 2 aromatic rings. The van der Waals surface area contributed by atoms with E-state index in [0.717, 1.165) is 10.4 Å². The van der Waals surface area contributed by atoms with E-state index in [1.807, 2.05) is 17.5 Å². The molecule has 0 spiro atoms. The fourth-order valence-electron chi connectivity index (χ4n) is 1.14. The van der Waals surface area contributed by atoms with Crippen LogP contribution in [-0.4, -0.2) is 0 Å². The van der Waals surface area contributed by atoms with Gasteiger partial charge in [-0.15, -0.1) is 23.7 Å². The van der Waals surface area contributed by atoms with E-state index in [4.69, 9.17) is 5.73 Å². The van der Waals surface area contributed by atoms with E-state index < -0.39 is 0 Å². The number of nitrogen functional groups attached to an aromatic ring is 1. The van der Waals surface area contributed by atoms with E-state index in [2.05, 4.69) is 0 Å². The molecule has 0 amide bonds. The van der Waals surface area contributed by atoms with Gasteiger partial charge in [0.05, 0.1) is 5.69 Å². The van der Waals surface area contributed by atoms with E-state index in [0.29, 0.717) is 0 Å². The molecule has 14 heavy (non-hydrogen) atoms. The SMILES string of the molecule is Cl.Nc1cc(-c2cccs2)ccc1F. The lowest BCUT2D eigenvalue weighted by atomic mass is 10.1. The topological polar surface area (TPSA) is 26.0 Å². The summed E-state index contributed by atoms with van der Waals surface area (Å²) in [7, 11) is 0. The highest BCUT2D eigenvalue weighted by Gasteiger charge is 2.01. The quantitative estimate of drug-likeness (QED) is 0.744. The lowest BCUT2D eigenvalue weighted by molar-refractivity contribution is 0.633. The summed E-state index contributed by atoms with van der Waals surface area (Å²) >= 11 is 1.61. The molecule has 0 radical (unpaired) electrons. The van der Waals surface area contributed by atoms with Gasteiger partial charge in [-0.1, -0.05) is 12.1 Å². The van der Waals surface area contributed by atoms with Crippen molar-refractivity contribution in [3.05, 3.63) is 41.5 Å². The Labute approximate surface area is 91.8 Å². The summed E-state index contributed by atoms with van der Waals surface area (Å²) in [6.45, 7) is 0. The molecule has 4 heteroatoms. The molecule has 0 saturated carbocycles. The van der Waals surface area contributed by atoms with Crippen molar-refractivity contribution < 1.29 is 4.39 Å². The van der Waals surface area contributed by atoms with Crippen molar-refractivity contribution in [2.75, 3.05) is 5.73 Å². The first-order chi connectivity index (χ1) is 6.27. The Balaban J connectivity index is 0.000000980. The number of rotatable bonds is 1. The van der Waals surface area contributed by atoms with Gasteiger partial charge in [0.25, 0.3) is 0 Å². The molecule has 0 aliphatic rings. The second kappa shape index (κ2) is 4.44. The molecule has 1 heterocycles. The lowest BCUT2D eigenvalue weighted by Gasteiger charge is -1.99. The van der Waals surface area contributed by atoms with Crippen LogP contribution < -0.4 is 5.73 Å². The maximum absolute atomic E-state index is 12.8. The molecule has 74 valence electrons. The van der Waals surface area contributed by atoms with Crippen molar-refractivity contribution >= 4 is 29.4 Å². The van der Waals surface area contributed by atoms with Gasteiger partial charge in [-0.05, 0) is 29.1 Å². The Morgan fingerprint density at radius 3 is 2.57 bits per heavy atom. The van der Waals surface area contributed by atoms with Crippen LogP contribution in [0.25, 0.3) is 10.4 Å². The van der Waals surface area contributed by atoms with E-state index >= 15 is 0 Å². The molecule has 2 rings (SSSR count). The lowest BCUT2D eigenvalue weighted by Crippen LogP contribution is -1.89. The van der Waals surface area contributed by atoms with Crippen molar-refractivity contribution in [2.24, 2.45) is 0 Å². The van der Waals surface area contributed by atoms with Crippen LogP contribution in [0.5, 0.6) is 0 Å². The van der Waals surface area contributed by atoms with Crippen LogP contribution in [-0.2, 0) is 0 Å². The summed E-state index contributed by atoms with van der Waals surface area (Å²) in [6, 6.07) is 8.72. The number of halogens is 2. The molecule has 0 aliphatic heterocycles. The first-order valence-corrected chi connectivity index (χ1v) is 4.74. The largest absolute Gasteiger partial charge is 0.396 e. The van der Waals surface area contributed by atoms with Crippen molar-refractivity contribution in [1.29, 1.82) is 0 Å². The summed E-state index contributed by atoms with van der Waals surface area (Å²) in [6.07, 6.45) is 0. The van der Waals surface area contributed by atoms with Crippen molar-refractivity contribution in [2.45, 2.75) is 0 Å². The van der Waals surface area contributed by atoms with Gasteiger partial charge in [-0.2, -0.15) is 0 Å². The van der Waals surface area contributed by atoms with E-state index in [1.54, 1.807) is 23.5 Å². The van der Waals surface area contributed by atoms with Gasteiger partial charge >= 0.3 is 0 Å². The summed E-state index contributed by atoms with van der Waals surface area (Å²) < 4.78 is 12.8. The summed E-state index contributed by atoms with van der Waals surface area (Å²) in [5.74, 6) is -0.361. The third kappa shape index (κ3) is 2.05. The smallest absolute Gasteiger partial charge is 0.146 e. The zero-order valence-electron chi connectivity index (χ0n) is 7.24. The maximum atomic E-state index is 12.8. The molecule has 0 atom stereocenters. The third-order valence-corrected chi connectivity index (χ3v) is 2.72. The molecule has 2 N–H and O–H groups in total. The summed E-state index contributed by atoms with van der Waals surface area (Å²) in [4.78, 5) is 1.10. The second-order valence-corrected chi connectivity index (χ2v) is 3.66. The number of thiophene rings is 1. The van der Waals surface area contributed by atoms with Crippen LogP contribution >= 0.6 is 23.7 Å². The number of anilines is 1. The Hall–Kier alpha value is -1.06. The van der Waals surface area contributed by atoms with Crippen LogP contribution in [0.15, 0.2) is 35.7 Å². The Morgan fingerprint density at radius 1 is 1.21 bits per heavy atom. The zero-order chi connectivity index (χ0) is 9.26. The summed E-state index contributed by atoms with van der Waals surface area (Å²) in [5, 5.41) is 1.98. The van der Waals surface area contributed by atoms with Gasteiger partial charge in [0.15, 0.2) is 0 Å². The molecule has 1 aromatic heterocycles. The van der Waals surface area contributed by atoms with Gasteiger partial charge in [-0.25, -0.2) is 4.39 Å². The zero-order valence-corrected chi connectivity index (χ0v) is 8.87. The van der Waals surface area contributed by atoms with Crippen LogP contribution in [0.3, 0.4) is 0 Å². The number of hydrogen-bond donors (Lipinski definition) is 1. The van der Waals surface area contributed by atoms with Crippen molar-refractivity contribution in [1.82, 2.24) is 0 Å². The fourth-order valence-corrected chi connectivity index (χ4v) is 1.86. The number of benzene rings is 1. The standard InChI is InChI=1S/C10H8FNS.ClH/c11-8-4-3-7(6-9(8)12)10-2-1-5-13-10;/h1-6H,12H2;1H. The average Bonchev–Trinajstić information content (AvgIpc) is 2.62. The second-order valence-electron chi connectivity index (χ2n) is 2.71. The van der Waals surface area contributed by atoms with Crippen LogP contribution in [0.4, 0.5) is 10.1 Å². The monoisotopic (exact) mass is 229 g/mol. The molecule has 1 aromatic carbocycles. The fraction of sp³-hybridized carbons (Fsp3) is 0. The molecule has 0 unspecified atom stereocenters. The molecule has 0 aliphatic carbocycles. The van der Waals surface area contributed by atoms with Gasteiger partial charge in [0.1, 0.15) is 5.82 Å². The Morgan fingerprint density at radius 2 is 2.00 bits per heavy atom. The first kappa shape index (κ1) is 11.0. The van der Waals surface area contributed by atoms with E-state index in [9.17, 15) is 4.39 Å². The normalized spacial score (nSPS) is 9.50. The van der Waals surface area contributed by atoms with Crippen molar-refractivity contribution in [3.63, 3.8) is 0 Å². The van der Waals surface area contributed by atoms with Crippen LogP contribution in [0.2, 0.25) is 0 Å². The van der Waals surface area contributed by atoms with Crippen molar-refractivity contribution in [3.8, 4) is 10.4 Å². The van der Waals surface area contributed by atoms with Gasteiger partial charge in [0.2, 0.25) is 0 Å².